The Morgan fingerprint density at radius 1 is 1.42 bits per heavy atom. The van der Waals surface area contributed by atoms with Crippen molar-refractivity contribution in [1.82, 2.24) is 5.32 Å². The van der Waals surface area contributed by atoms with E-state index in [9.17, 15) is 5.11 Å². The summed E-state index contributed by atoms with van der Waals surface area (Å²) in [4.78, 5) is 1.10. The molecule has 19 heavy (non-hydrogen) atoms. The first-order valence-corrected chi connectivity index (χ1v) is 7.60. The van der Waals surface area contributed by atoms with Crippen LogP contribution in [0.4, 0.5) is 0 Å². The molecule has 2 aromatic rings. The molecule has 0 aliphatic heterocycles. The van der Waals surface area contributed by atoms with Gasteiger partial charge < -0.3 is 14.8 Å². The van der Waals surface area contributed by atoms with Gasteiger partial charge in [-0.2, -0.15) is 0 Å². The largest absolute Gasteiger partial charge is 0.467 e. The van der Waals surface area contributed by atoms with Crippen molar-refractivity contribution < 1.29 is 9.52 Å². The van der Waals surface area contributed by atoms with Crippen LogP contribution in [-0.4, -0.2) is 17.3 Å². The van der Waals surface area contributed by atoms with Gasteiger partial charge in [-0.1, -0.05) is 11.6 Å². The quantitative estimate of drug-likeness (QED) is 0.886. The smallest absolute Gasteiger partial charge is 0.126 e. The fourth-order valence-corrected chi connectivity index (χ4v) is 3.48. The maximum Gasteiger partial charge on any atom is 0.126 e. The number of aliphatic hydroxyl groups is 1. The Morgan fingerprint density at radius 3 is 2.79 bits per heavy atom. The zero-order valence-corrected chi connectivity index (χ0v) is 12.0. The minimum Gasteiger partial charge on any atom is -0.467 e. The molecule has 5 heteroatoms. The van der Waals surface area contributed by atoms with E-state index in [-0.39, 0.29) is 6.04 Å². The van der Waals surface area contributed by atoms with Gasteiger partial charge in [-0.05, 0) is 43.5 Å². The van der Waals surface area contributed by atoms with Gasteiger partial charge in [-0.25, -0.2) is 0 Å². The SMILES string of the molecule is OC1(CNC(c2ccco2)c2ccc(Cl)s2)CCC1. The van der Waals surface area contributed by atoms with E-state index in [1.165, 1.54) is 11.3 Å². The predicted octanol–water partition coefficient (Wildman–Crippen LogP) is 3.59. The molecule has 1 aliphatic rings. The van der Waals surface area contributed by atoms with E-state index >= 15 is 0 Å². The van der Waals surface area contributed by atoms with E-state index in [0.29, 0.717) is 6.54 Å². The Hall–Kier alpha value is -0.810. The average Bonchev–Trinajstić information content (AvgIpc) is 2.99. The summed E-state index contributed by atoms with van der Waals surface area (Å²) in [6.45, 7) is 0.577. The second kappa shape index (κ2) is 5.29. The van der Waals surface area contributed by atoms with Gasteiger partial charge in [0.25, 0.3) is 0 Å². The van der Waals surface area contributed by atoms with Crippen molar-refractivity contribution in [2.45, 2.75) is 30.9 Å². The molecular weight excluding hydrogens is 282 g/mol. The average molecular weight is 298 g/mol. The lowest BCUT2D eigenvalue weighted by Crippen LogP contribution is -2.47. The summed E-state index contributed by atoms with van der Waals surface area (Å²) in [5.41, 5.74) is -0.550. The van der Waals surface area contributed by atoms with E-state index in [2.05, 4.69) is 5.32 Å². The molecule has 1 aliphatic carbocycles. The number of furan rings is 1. The van der Waals surface area contributed by atoms with Crippen molar-refractivity contribution in [3.05, 3.63) is 45.5 Å². The minimum atomic E-state index is -0.550. The Balaban J connectivity index is 1.77. The van der Waals surface area contributed by atoms with Gasteiger partial charge in [0.2, 0.25) is 0 Å². The summed E-state index contributed by atoms with van der Waals surface area (Å²) in [6, 6.07) is 7.65. The number of halogens is 1. The monoisotopic (exact) mass is 297 g/mol. The molecule has 2 heterocycles. The van der Waals surface area contributed by atoms with E-state index < -0.39 is 5.60 Å². The van der Waals surface area contributed by atoms with Crippen LogP contribution in [-0.2, 0) is 0 Å². The number of rotatable bonds is 5. The Kier molecular flexibility index (Phi) is 3.67. The first-order valence-electron chi connectivity index (χ1n) is 6.41. The molecule has 0 amide bonds. The molecule has 0 spiro atoms. The normalized spacial score (nSPS) is 19.1. The van der Waals surface area contributed by atoms with Gasteiger partial charge in [0.05, 0.1) is 16.2 Å². The van der Waals surface area contributed by atoms with Crippen LogP contribution < -0.4 is 5.32 Å². The van der Waals surface area contributed by atoms with Gasteiger partial charge in [-0.15, -0.1) is 11.3 Å². The number of nitrogens with one attached hydrogen (secondary N) is 1. The highest BCUT2D eigenvalue weighted by atomic mass is 35.5. The predicted molar refractivity (Wildman–Crippen MR) is 76.7 cm³/mol. The molecule has 2 N–H and O–H groups in total. The number of thiophene rings is 1. The highest BCUT2D eigenvalue weighted by Crippen LogP contribution is 2.34. The summed E-state index contributed by atoms with van der Waals surface area (Å²) in [5.74, 6) is 0.849. The fraction of sp³-hybridized carbons (Fsp3) is 0.429. The first-order chi connectivity index (χ1) is 9.16. The molecule has 3 nitrogen and oxygen atoms in total. The number of hydrogen-bond donors (Lipinski definition) is 2. The fourth-order valence-electron chi connectivity index (χ4n) is 2.33. The van der Waals surface area contributed by atoms with E-state index in [1.54, 1.807) is 6.26 Å². The lowest BCUT2D eigenvalue weighted by molar-refractivity contribution is -0.0327. The van der Waals surface area contributed by atoms with E-state index in [0.717, 1.165) is 34.2 Å². The molecule has 0 radical (unpaired) electrons. The lowest BCUT2D eigenvalue weighted by atomic mass is 9.80. The van der Waals surface area contributed by atoms with Gasteiger partial charge in [0, 0.05) is 11.4 Å². The van der Waals surface area contributed by atoms with Crippen molar-refractivity contribution in [2.75, 3.05) is 6.54 Å². The van der Waals surface area contributed by atoms with Crippen molar-refractivity contribution in [1.29, 1.82) is 0 Å². The Bertz CT molecular complexity index is 533. The molecule has 0 bridgehead atoms. The summed E-state index contributed by atoms with van der Waals surface area (Å²) in [7, 11) is 0. The van der Waals surface area contributed by atoms with Crippen LogP contribution in [0.15, 0.2) is 34.9 Å². The second-order valence-electron chi connectivity index (χ2n) is 5.05. The topological polar surface area (TPSA) is 45.4 Å². The maximum atomic E-state index is 10.2. The van der Waals surface area contributed by atoms with Crippen LogP contribution in [0.25, 0.3) is 0 Å². The van der Waals surface area contributed by atoms with Crippen LogP contribution in [0, 0.1) is 0 Å². The zero-order valence-electron chi connectivity index (χ0n) is 10.4. The van der Waals surface area contributed by atoms with Crippen molar-refractivity contribution >= 4 is 22.9 Å². The van der Waals surface area contributed by atoms with Gasteiger partial charge in [0.1, 0.15) is 11.8 Å². The summed E-state index contributed by atoms with van der Waals surface area (Å²) in [5, 5.41) is 13.6. The highest BCUT2D eigenvalue weighted by molar-refractivity contribution is 7.16. The number of hydrogen-bond acceptors (Lipinski definition) is 4. The van der Waals surface area contributed by atoms with Crippen LogP contribution in [0.1, 0.15) is 35.9 Å². The maximum absolute atomic E-state index is 10.2. The summed E-state index contributed by atoms with van der Waals surface area (Å²) in [6.07, 6.45) is 4.51. The molecule has 0 aromatic carbocycles. The Labute approximate surface area is 121 Å². The van der Waals surface area contributed by atoms with E-state index in [4.69, 9.17) is 16.0 Å². The molecule has 1 unspecified atom stereocenters. The van der Waals surface area contributed by atoms with Crippen LogP contribution >= 0.6 is 22.9 Å². The molecular formula is C14H16ClNO2S. The van der Waals surface area contributed by atoms with Gasteiger partial charge in [0.15, 0.2) is 0 Å². The van der Waals surface area contributed by atoms with Gasteiger partial charge >= 0.3 is 0 Å². The van der Waals surface area contributed by atoms with Crippen LogP contribution in [0.5, 0.6) is 0 Å². The van der Waals surface area contributed by atoms with Crippen LogP contribution in [0.3, 0.4) is 0 Å². The zero-order chi connectivity index (χ0) is 13.3. The Morgan fingerprint density at radius 2 is 2.26 bits per heavy atom. The van der Waals surface area contributed by atoms with Crippen LogP contribution in [0.2, 0.25) is 4.34 Å². The van der Waals surface area contributed by atoms with Crippen molar-refractivity contribution in [3.63, 3.8) is 0 Å². The molecule has 1 fully saturated rings. The first kappa shape index (κ1) is 13.2. The lowest BCUT2D eigenvalue weighted by Gasteiger charge is -2.37. The van der Waals surface area contributed by atoms with E-state index in [1.807, 2.05) is 24.3 Å². The highest BCUT2D eigenvalue weighted by Gasteiger charge is 2.35. The molecule has 3 rings (SSSR count). The third-order valence-electron chi connectivity index (χ3n) is 3.63. The standard InChI is InChI=1S/C14H16ClNO2S/c15-12-5-4-11(19-12)13(10-3-1-8-18-10)16-9-14(17)6-2-7-14/h1,3-5,8,13,16-17H,2,6-7,9H2. The van der Waals surface area contributed by atoms with Crippen molar-refractivity contribution in [2.24, 2.45) is 0 Å². The van der Waals surface area contributed by atoms with Gasteiger partial charge in [-0.3, -0.25) is 0 Å². The summed E-state index contributed by atoms with van der Waals surface area (Å²) < 4.78 is 6.26. The molecule has 2 aromatic heterocycles. The molecule has 102 valence electrons. The third-order valence-corrected chi connectivity index (χ3v) is 4.92. The van der Waals surface area contributed by atoms with Crippen molar-refractivity contribution in [3.8, 4) is 0 Å². The summed E-state index contributed by atoms with van der Waals surface area (Å²) >= 11 is 7.54. The molecule has 0 saturated heterocycles. The molecule has 1 saturated carbocycles. The second-order valence-corrected chi connectivity index (χ2v) is 6.80. The molecule has 1 atom stereocenters. The third kappa shape index (κ3) is 2.87. The minimum absolute atomic E-state index is 0.0443.